The number of methoxy groups -OCH3 is 1. The van der Waals surface area contributed by atoms with Crippen molar-refractivity contribution in [3.8, 4) is 17.2 Å². The smallest absolute Gasteiger partial charge is 0.338 e. The molecule has 5 rings (SSSR count). The molecule has 1 atom stereocenters. The van der Waals surface area contributed by atoms with Gasteiger partial charge in [-0.2, -0.15) is 0 Å². The lowest BCUT2D eigenvalue weighted by atomic mass is 9.95. The Labute approximate surface area is 269 Å². The molecule has 0 fully saturated rings. The van der Waals surface area contributed by atoms with Gasteiger partial charge in [0.05, 0.1) is 41.2 Å². The van der Waals surface area contributed by atoms with E-state index in [-0.39, 0.29) is 36.0 Å². The fourth-order valence-corrected chi connectivity index (χ4v) is 6.15. The maximum Gasteiger partial charge on any atom is 0.338 e. The Morgan fingerprint density at radius 3 is 2.46 bits per heavy atom. The minimum atomic E-state index is -0.993. The number of thiazole rings is 1. The third kappa shape index (κ3) is 6.74. The maximum absolute atomic E-state index is 14.1. The summed E-state index contributed by atoms with van der Waals surface area (Å²) >= 11 is 1.22. The van der Waals surface area contributed by atoms with Gasteiger partial charge in [0.2, 0.25) is 0 Å². The van der Waals surface area contributed by atoms with Crippen LogP contribution in [0, 0.1) is 0 Å². The summed E-state index contributed by atoms with van der Waals surface area (Å²) in [6, 6.07) is 18.3. The van der Waals surface area contributed by atoms with Crippen LogP contribution in [0.1, 0.15) is 60.8 Å². The molecule has 0 bridgehead atoms. The van der Waals surface area contributed by atoms with Crippen molar-refractivity contribution in [2.75, 3.05) is 13.7 Å². The highest BCUT2D eigenvalue weighted by molar-refractivity contribution is 7.07. The molecule has 0 radical (unpaired) electrons. The van der Waals surface area contributed by atoms with Gasteiger partial charge in [-0.25, -0.2) is 14.6 Å². The van der Waals surface area contributed by atoms with E-state index in [0.29, 0.717) is 43.4 Å². The molecular weight excluding hydrogens is 608 g/mol. The number of aromatic carboxylic acids is 1. The van der Waals surface area contributed by atoms with E-state index in [2.05, 4.69) is 4.99 Å². The zero-order chi connectivity index (χ0) is 33.0. The first-order valence-electron chi connectivity index (χ1n) is 14.7. The average molecular weight is 643 g/mol. The number of rotatable bonds is 11. The Balaban J connectivity index is 1.53. The summed E-state index contributed by atoms with van der Waals surface area (Å²) in [7, 11) is 1.53. The molecule has 0 aliphatic carbocycles. The minimum absolute atomic E-state index is 0.132. The molecule has 46 heavy (non-hydrogen) atoms. The van der Waals surface area contributed by atoms with Gasteiger partial charge in [-0.05, 0) is 75.2 Å². The third-order valence-electron chi connectivity index (χ3n) is 7.17. The van der Waals surface area contributed by atoms with Crippen molar-refractivity contribution in [3.63, 3.8) is 0 Å². The van der Waals surface area contributed by atoms with Gasteiger partial charge in [0.15, 0.2) is 16.3 Å². The molecule has 0 amide bonds. The number of ether oxygens (including phenoxy) is 4. The van der Waals surface area contributed by atoms with E-state index in [0.717, 1.165) is 5.56 Å². The van der Waals surface area contributed by atoms with Gasteiger partial charge in [-0.3, -0.25) is 9.36 Å². The number of aromatic nitrogens is 1. The van der Waals surface area contributed by atoms with Crippen LogP contribution in [0.15, 0.2) is 87.8 Å². The number of hydrogen-bond donors (Lipinski definition) is 1. The van der Waals surface area contributed by atoms with Crippen LogP contribution in [0.4, 0.5) is 0 Å². The number of hydrogen-bond acceptors (Lipinski definition) is 9. The number of carboxylic acids is 1. The number of carbonyl (C=O) groups excluding carboxylic acids is 1. The fourth-order valence-electron chi connectivity index (χ4n) is 5.10. The molecule has 1 aliphatic heterocycles. The second kappa shape index (κ2) is 13.9. The van der Waals surface area contributed by atoms with Gasteiger partial charge in [0.25, 0.3) is 5.56 Å². The number of carboxylic acid groups (broad SMARTS) is 1. The molecule has 1 N–H and O–H groups in total. The Hall–Kier alpha value is -5.16. The molecule has 1 aliphatic rings. The van der Waals surface area contributed by atoms with Gasteiger partial charge in [0.1, 0.15) is 18.4 Å². The largest absolute Gasteiger partial charge is 0.493 e. The summed E-state index contributed by atoms with van der Waals surface area (Å²) in [6.07, 6.45) is 1.62. The summed E-state index contributed by atoms with van der Waals surface area (Å²) in [6.45, 7) is 7.69. The van der Waals surface area contributed by atoms with E-state index in [9.17, 15) is 14.4 Å². The van der Waals surface area contributed by atoms with Crippen LogP contribution in [0.3, 0.4) is 0 Å². The molecule has 238 valence electrons. The summed E-state index contributed by atoms with van der Waals surface area (Å²) in [5.41, 5.74) is 2.78. The van der Waals surface area contributed by atoms with Gasteiger partial charge < -0.3 is 24.1 Å². The third-order valence-corrected chi connectivity index (χ3v) is 8.16. The van der Waals surface area contributed by atoms with Crippen molar-refractivity contribution in [1.82, 2.24) is 4.57 Å². The molecule has 0 saturated heterocycles. The van der Waals surface area contributed by atoms with Crippen molar-refractivity contribution < 1.29 is 33.6 Å². The number of para-hydroxylation sites is 1. The van der Waals surface area contributed by atoms with Crippen LogP contribution in [0.5, 0.6) is 17.2 Å². The van der Waals surface area contributed by atoms with Gasteiger partial charge in [-0.15, -0.1) is 0 Å². The minimum Gasteiger partial charge on any atom is -0.493 e. The molecule has 4 aromatic rings. The van der Waals surface area contributed by atoms with Gasteiger partial charge in [0, 0.05) is 5.56 Å². The zero-order valence-corrected chi connectivity index (χ0v) is 26.9. The summed E-state index contributed by atoms with van der Waals surface area (Å²) in [5, 5.41) is 9.12. The molecule has 0 unspecified atom stereocenters. The molecule has 1 aromatic heterocycles. The number of nitrogens with zero attached hydrogens (tertiary/aromatic N) is 2. The van der Waals surface area contributed by atoms with Gasteiger partial charge >= 0.3 is 11.9 Å². The van der Waals surface area contributed by atoms with E-state index in [1.165, 1.54) is 35.1 Å². The average Bonchev–Trinajstić information content (AvgIpc) is 3.33. The van der Waals surface area contributed by atoms with Crippen molar-refractivity contribution in [2.45, 2.75) is 46.4 Å². The number of benzene rings is 3. The Morgan fingerprint density at radius 1 is 1.04 bits per heavy atom. The Kier molecular flexibility index (Phi) is 9.72. The highest BCUT2D eigenvalue weighted by Crippen LogP contribution is 2.36. The predicted octanol–water partition coefficient (Wildman–Crippen LogP) is 4.87. The van der Waals surface area contributed by atoms with E-state index < -0.39 is 18.0 Å². The maximum atomic E-state index is 14.1. The second-order valence-electron chi connectivity index (χ2n) is 10.7. The number of carbonyl (C=O) groups is 2. The lowest BCUT2D eigenvalue weighted by Gasteiger charge is -2.26. The summed E-state index contributed by atoms with van der Waals surface area (Å²) in [4.78, 5) is 43.6. The fraction of sp³-hybridized carbons (Fsp3) is 0.257. The lowest BCUT2D eigenvalue weighted by molar-refractivity contribution is -0.139. The number of allylic oxidation sites excluding steroid dienone is 1. The van der Waals surface area contributed by atoms with Crippen LogP contribution in [0.25, 0.3) is 6.08 Å². The molecular formula is C35H34N2O8S. The zero-order valence-electron chi connectivity index (χ0n) is 26.1. The number of fused-ring (bicyclic) bond motifs is 1. The van der Waals surface area contributed by atoms with E-state index >= 15 is 0 Å². The van der Waals surface area contributed by atoms with Crippen molar-refractivity contribution >= 4 is 29.4 Å². The first-order valence-corrected chi connectivity index (χ1v) is 15.5. The van der Waals surface area contributed by atoms with Crippen LogP contribution < -0.4 is 29.1 Å². The monoisotopic (exact) mass is 642 g/mol. The van der Waals surface area contributed by atoms with E-state index in [1.807, 2.05) is 44.2 Å². The Morgan fingerprint density at radius 2 is 1.78 bits per heavy atom. The molecule has 3 aromatic carbocycles. The van der Waals surface area contributed by atoms with Crippen molar-refractivity contribution in [1.29, 1.82) is 0 Å². The lowest BCUT2D eigenvalue weighted by Crippen LogP contribution is -2.40. The normalized spacial score (nSPS) is 14.5. The quantitative estimate of drug-likeness (QED) is 0.230. The highest BCUT2D eigenvalue weighted by atomic mass is 32.1. The second-order valence-corrected chi connectivity index (χ2v) is 11.7. The number of esters is 1. The van der Waals surface area contributed by atoms with Gasteiger partial charge in [-0.1, -0.05) is 47.7 Å². The first-order chi connectivity index (χ1) is 22.1. The summed E-state index contributed by atoms with van der Waals surface area (Å²) in [5.74, 6) is -0.0268. The standard InChI is InChI=1S/C35H34N2O8S/c1-6-43-34(41)30-21(4)36-35-37(31(30)25-9-7-8-10-26(25)45-20(2)3)32(38)29(46-35)18-23-13-16-27(28(17-23)42-5)44-19-22-11-14-24(15-12-22)33(39)40/h7-18,20,31H,6,19H2,1-5H3,(H,39,40)/b29-18+/t31-/m0/s1. The molecule has 0 saturated carbocycles. The molecule has 11 heteroatoms. The van der Waals surface area contributed by atoms with E-state index in [1.54, 1.807) is 44.2 Å². The SMILES string of the molecule is CCOC(=O)C1=C(C)N=c2s/c(=C/c3ccc(OCc4ccc(C(=O)O)cc4)c(OC)c3)c(=O)n2[C@H]1c1ccccc1OC(C)C. The van der Waals surface area contributed by atoms with Crippen molar-refractivity contribution in [3.05, 3.63) is 120 Å². The topological polar surface area (TPSA) is 126 Å². The van der Waals surface area contributed by atoms with Crippen LogP contribution >= 0.6 is 11.3 Å². The first kappa shape index (κ1) is 32.2. The van der Waals surface area contributed by atoms with Crippen LogP contribution in [0.2, 0.25) is 0 Å². The summed E-state index contributed by atoms with van der Waals surface area (Å²) < 4.78 is 25.0. The molecule has 10 nitrogen and oxygen atoms in total. The van der Waals surface area contributed by atoms with Crippen LogP contribution in [-0.2, 0) is 16.1 Å². The van der Waals surface area contributed by atoms with Crippen LogP contribution in [-0.4, -0.2) is 41.4 Å². The van der Waals surface area contributed by atoms with E-state index in [4.69, 9.17) is 24.1 Å². The molecule has 0 spiro atoms. The van der Waals surface area contributed by atoms with Crippen molar-refractivity contribution in [2.24, 2.45) is 4.99 Å². The molecule has 2 heterocycles. The highest BCUT2D eigenvalue weighted by Gasteiger charge is 2.35. The predicted molar refractivity (Wildman–Crippen MR) is 173 cm³/mol. The Bertz CT molecular complexity index is 1990.